The van der Waals surface area contributed by atoms with Crippen molar-refractivity contribution in [2.45, 2.75) is 0 Å². The summed E-state index contributed by atoms with van der Waals surface area (Å²) in [7, 11) is 1.49. The minimum atomic E-state index is -1.14. The summed E-state index contributed by atoms with van der Waals surface area (Å²) in [6, 6.07) is 6.86. The highest BCUT2D eigenvalue weighted by molar-refractivity contribution is 6.37. The number of nitrogens with zero attached hydrogens (tertiary/aromatic N) is 1. The van der Waals surface area contributed by atoms with Gasteiger partial charge in [-0.25, -0.2) is 4.79 Å². The Labute approximate surface area is 98.1 Å². The smallest absolute Gasteiger partial charge is 0.339 e. The predicted molar refractivity (Wildman–Crippen MR) is 63.8 cm³/mol. The van der Waals surface area contributed by atoms with Gasteiger partial charge in [-0.3, -0.25) is 4.99 Å². The van der Waals surface area contributed by atoms with Crippen molar-refractivity contribution in [3.8, 4) is 0 Å². The van der Waals surface area contributed by atoms with E-state index in [2.05, 4.69) is 4.99 Å². The van der Waals surface area contributed by atoms with Crippen LogP contribution in [0.5, 0.6) is 0 Å². The first kappa shape index (κ1) is 12.3. The minimum Gasteiger partial charge on any atom is -0.478 e. The molecular weight excluding hydrogens is 228 g/mol. The number of carboxylic acid groups (broad SMARTS) is 1. The number of nitrogens with two attached hydrogens (primary N) is 1. The van der Waals surface area contributed by atoms with Crippen LogP contribution < -0.4 is 5.73 Å². The lowest BCUT2D eigenvalue weighted by Gasteiger charge is -2.07. The van der Waals surface area contributed by atoms with Crippen LogP contribution in [0, 0.1) is 0 Å². The second kappa shape index (κ2) is 5.32. The van der Waals surface area contributed by atoms with E-state index >= 15 is 0 Å². The monoisotopic (exact) mass is 238 g/mol. The second-order valence-corrected chi connectivity index (χ2v) is 3.34. The fourth-order valence-electron chi connectivity index (χ4n) is 1.29. The van der Waals surface area contributed by atoms with Crippen LogP contribution >= 0.6 is 11.6 Å². The molecule has 0 unspecified atom stereocenters. The maximum absolute atomic E-state index is 10.9. The van der Waals surface area contributed by atoms with E-state index in [1.165, 1.54) is 7.05 Å². The number of halogens is 1. The molecule has 0 aliphatic heterocycles. The number of hydrogen-bond acceptors (Lipinski definition) is 3. The van der Waals surface area contributed by atoms with Gasteiger partial charge in [-0.05, 0) is 6.07 Å². The Balaban J connectivity index is 3.30. The second-order valence-electron chi connectivity index (χ2n) is 2.94. The molecule has 4 nitrogen and oxygen atoms in total. The molecule has 3 N–H and O–H groups in total. The molecule has 0 amide bonds. The van der Waals surface area contributed by atoms with Crippen LogP contribution in [-0.4, -0.2) is 23.8 Å². The molecule has 0 bridgehead atoms. The molecule has 5 heteroatoms. The number of carbonyl (C=O) groups is 1. The lowest BCUT2D eigenvalue weighted by Crippen LogP contribution is -2.15. The molecule has 0 aromatic heterocycles. The van der Waals surface area contributed by atoms with Crippen molar-refractivity contribution >= 4 is 23.3 Å². The Hall–Kier alpha value is -1.81. The predicted octanol–water partition coefficient (Wildman–Crippen LogP) is 1.69. The zero-order valence-corrected chi connectivity index (χ0v) is 9.40. The Morgan fingerprint density at radius 2 is 2.12 bits per heavy atom. The highest BCUT2D eigenvalue weighted by Crippen LogP contribution is 2.19. The summed E-state index contributed by atoms with van der Waals surface area (Å²) in [6.45, 7) is 0. The van der Waals surface area contributed by atoms with Gasteiger partial charge in [0.25, 0.3) is 0 Å². The van der Waals surface area contributed by atoms with Crippen LogP contribution in [-0.2, 0) is 4.79 Å². The van der Waals surface area contributed by atoms with Gasteiger partial charge in [0.15, 0.2) is 0 Å². The van der Waals surface area contributed by atoms with Gasteiger partial charge in [-0.15, -0.1) is 0 Å². The fraction of sp³-hybridized carbons (Fsp3) is 0.0909. The fourth-order valence-corrected chi connectivity index (χ4v) is 1.52. The van der Waals surface area contributed by atoms with Gasteiger partial charge in [0.2, 0.25) is 0 Å². The number of benzene rings is 1. The molecule has 0 atom stereocenters. The van der Waals surface area contributed by atoms with Crippen LogP contribution in [0.1, 0.15) is 5.56 Å². The van der Waals surface area contributed by atoms with E-state index in [9.17, 15) is 4.79 Å². The molecule has 1 rings (SSSR count). The van der Waals surface area contributed by atoms with E-state index in [0.29, 0.717) is 10.6 Å². The number of rotatable bonds is 3. The normalized spacial score (nSPS) is 12.6. The Morgan fingerprint density at radius 3 is 2.56 bits per heavy atom. The zero-order chi connectivity index (χ0) is 12.1. The van der Waals surface area contributed by atoms with E-state index in [4.69, 9.17) is 22.4 Å². The third kappa shape index (κ3) is 2.41. The highest BCUT2D eigenvalue weighted by atomic mass is 35.5. The largest absolute Gasteiger partial charge is 0.478 e. The van der Waals surface area contributed by atoms with Crippen molar-refractivity contribution < 1.29 is 9.90 Å². The van der Waals surface area contributed by atoms with Crippen LogP contribution in [0.15, 0.2) is 41.0 Å². The van der Waals surface area contributed by atoms with Crippen molar-refractivity contribution in [2.24, 2.45) is 10.7 Å². The molecule has 0 fully saturated rings. The molecule has 84 valence electrons. The first-order valence-electron chi connectivity index (χ1n) is 4.49. The molecule has 0 heterocycles. The lowest BCUT2D eigenvalue weighted by atomic mass is 10.0. The van der Waals surface area contributed by atoms with E-state index in [1.54, 1.807) is 24.3 Å². The van der Waals surface area contributed by atoms with Crippen molar-refractivity contribution in [3.05, 3.63) is 46.6 Å². The number of aliphatic imine (C=N–C) groups is 1. The Morgan fingerprint density at radius 1 is 1.50 bits per heavy atom. The van der Waals surface area contributed by atoms with Gasteiger partial charge in [0.05, 0.1) is 5.71 Å². The van der Waals surface area contributed by atoms with Gasteiger partial charge in [0, 0.05) is 23.8 Å². The SMILES string of the molecule is CN=C(C(=CN)C(=O)O)c1ccccc1Cl. The molecule has 0 spiro atoms. The van der Waals surface area contributed by atoms with E-state index < -0.39 is 5.97 Å². The standard InChI is InChI=1S/C11H11ClN2O2/c1-14-10(8(6-13)11(15)16)7-4-2-3-5-9(7)12/h2-6H,13H2,1H3,(H,15,16). The lowest BCUT2D eigenvalue weighted by molar-refractivity contribution is -0.132. The quantitative estimate of drug-likeness (QED) is 0.622. The maximum atomic E-state index is 10.9. The summed E-state index contributed by atoms with van der Waals surface area (Å²) in [5.41, 5.74) is 6.01. The first-order chi connectivity index (χ1) is 7.61. The van der Waals surface area contributed by atoms with Crippen LogP contribution in [0.3, 0.4) is 0 Å². The Bertz CT molecular complexity index is 467. The van der Waals surface area contributed by atoms with E-state index in [-0.39, 0.29) is 11.3 Å². The summed E-state index contributed by atoms with van der Waals surface area (Å²) < 4.78 is 0. The van der Waals surface area contributed by atoms with Crippen LogP contribution in [0.2, 0.25) is 5.02 Å². The third-order valence-electron chi connectivity index (χ3n) is 2.00. The molecule has 0 aliphatic carbocycles. The molecule has 1 aromatic rings. The average molecular weight is 239 g/mol. The third-order valence-corrected chi connectivity index (χ3v) is 2.33. The average Bonchev–Trinajstić information content (AvgIpc) is 2.26. The van der Waals surface area contributed by atoms with Gasteiger partial charge in [-0.1, -0.05) is 29.8 Å². The summed E-state index contributed by atoms with van der Waals surface area (Å²) in [5, 5.41) is 9.39. The van der Waals surface area contributed by atoms with E-state index in [1.807, 2.05) is 0 Å². The van der Waals surface area contributed by atoms with Gasteiger partial charge in [-0.2, -0.15) is 0 Å². The number of aliphatic carboxylic acids is 1. The summed E-state index contributed by atoms with van der Waals surface area (Å²) in [4.78, 5) is 14.9. The summed E-state index contributed by atoms with van der Waals surface area (Å²) in [5.74, 6) is -1.14. The highest BCUT2D eigenvalue weighted by Gasteiger charge is 2.17. The van der Waals surface area contributed by atoms with Crippen LogP contribution in [0.4, 0.5) is 0 Å². The first-order valence-corrected chi connectivity index (χ1v) is 4.86. The van der Waals surface area contributed by atoms with E-state index in [0.717, 1.165) is 6.20 Å². The molecule has 0 aliphatic rings. The molecule has 0 radical (unpaired) electrons. The van der Waals surface area contributed by atoms with Gasteiger partial charge >= 0.3 is 5.97 Å². The van der Waals surface area contributed by atoms with Crippen molar-refractivity contribution in [1.29, 1.82) is 0 Å². The van der Waals surface area contributed by atoms with Crippen LogP contribution in [0.25, 0.3) is 0 Å². The van der Waals surface area contributed by atoms with Gasteiger partial charge in [0.1, 0.15) is 5.57 Å². The summed E-state index contributed by atoms with van der Waals surface area (Å²) >= 11 is 5.96. The maximum Gasteiger partial charge on any atom is 0.339 e. The molecule has 1 aromatic carbocycles. The van der Waals surface area contributed by atoms with Crippen molar-refractivity contribution in [3.63, 3.8) is 0 Å². The number of carboxylic acids is 1. The molecule has 0 saturated heterocycles. The molecule has 0 saturated carbocycles. The molecular formula is C11H11ClN2O2. The van der Waals surface area contributed by atoms with Gasteiger partial charge < -0.3 is 10.8 Å². The number of hydrogen-bond donors (Lipinski definition) is 2. The van der Waals surface area contributed by atoms with Crippen molar-refractivity contribution in [2.75, 3.05) is 7.05 Å². The minimum absolute atomic E-state index is 0.0735. The molecule has 16 heavy (non-hydrogen) atoms. The summed E-state index contributed by atoms with van der Waals surface area (Å²) in [6.07, 6.45) is 1.01. The zero-order valence-electron chi connectivity index (χ0n) is 8.64. The Kier molecular flexibility index (Phi) is 4.08. The topological polar surface area (TPSA) is 75.7 Å². The van der Waals surface area contributed by atoms with Crippen molar-refractivity contribution in [1.82, 2.24) is 0 Å².